The van der Waals surface area contributed by atoms with Crippen LogP contribution in [0, 0.1) is 5.41 Å². The Kier molecular flexibility index (Phi) is 5.36. The zero-order valence-electron chi connectivity index (χ0n) is 11.4. The Morgan fingerprint density at radius 3 is 2.43 bits per heavy atom. The van der Waals surface area contributed by atoms with Crippen molar-refractivity contribution in [3.8, 4) is 0 Å². The number of nitrogens with two attached hydrogens (primary N) is 1. The van der Waals surface area contributed by atoms with Gasteiger partial charge in [0.05, 0.1) is 5.69 Å². The van der Waals surface area contributed by atoms with Gasteiger partial charge in [0.1, 0.15) is 4.90 Å². The van der Waals surface area contributed by atoms with E-state index in [4.69, 9.17) is 5.73 Å². The van der Waals surface area contributed by atoms with E-state index >= 15 is 0 Å². The van der Waals surface area contributed by atoms with Gasteiger partial charge in [-0.25, -0.2) is 13.1 Å². The van der Waals surface area contributed by atoms with Gasteiger partial charge in [-0.1, -0.05) is 28.8 Å². The lowest BCUT2D eigenvalue weighted by molar-refractivity contribution is 0.134. The summed E-state index contributed by atoms with van der Waals surface area (Å²) in [5, 5.41) is 9.55. The molecule has 1 aromatic carbocycles. The molecule has 21 heavy (non-hydrogen) atoms. The summed E-state index contributed by atoms with van der Waals surface area (Å²) in [4.78, 5) is 0.0387. The van der Waals surface area contributed by atoms with Gasteiger partial charge in [-0.3, -0.25) is 0 Å². The lowest BCUT2D eigenvalue weighted by Crippen LogP contribution is -2.38. The van der Waals surface area contributed by atoms with Gasteiger partial charge in [-0.15, -0.1) is 0 Å². The summed E-state index contributed by atoms with van der Waals surface area (Å²) in [6.45, 7) is 0.223. The van der Waals surface area contributed by atoms with Crippen molar-refractivity contribution in [3.63, 3.8) is 0 Å². The number of nitrogens with one attached hydrogen (secondary N) is 1. The van der Waals surface area contributed by atoms with Crippen molar-refractivity contribution in [1.29, 1.82) is 0 Å². The van der Waals surface area contributed by atoms with Crippen LogP contribution < -0.4 is 10.5 Å². The molecule has 1 saturated carbocycles. The molecule has 118 valence electrons. The van der Waals surface area contributed by atoms with E-state index in [-0.39, 0.29) is 29.1 Å². The minimum absolute atomic E-state index is 0.00743. The molecule has 0 aromatic heterocycles. The van der Waals surface area contributed by atoms with Crippen molar-refractivity contribution in [2.45, 2.75) is 30.6 Å². The molecule has 1 aliphatic rings. The van der Waals surface area contributed by atoms with Gasteiger partial charge in [-0.05, 0) is 40.9 Å². The zero-order chi connectivity index (χ0) is 15.7. The maximum Gasteiger partial charge on any atom is 0.243 e. The first-order chi connectivity index (χ1) is 9.80. The average molecular weight is 442 g/mol. The third kappa shape index (κ3) is 3.79. The predicted octanol–water partition coefficient (Wildman–Crippen LogP) is 2.62. The Hall–Kier alpha value is -0.150. The second-order valence-electron chi connectivity index (χ2n) is 5.50. The standard InChI is InChI=1S/C13H18Br2N2O3S/c14-9-5-10(15)12(11(16)6-9)21(19,20)17-7-13(8-18)3-1-2-4-13/h5-6,17-18H,1-4,7-8,16H2. The quantitative estimate of drug-likeness (QED) is 0.612. The summed E-state index contributed by atoms with van der Waals surface area (Å²) in [6.07, 6.45) is 3.71. The zero-order valence-corrected chi connectivity index (χ0v) is 15.4. The summed E-state index contributed by atoms with van der Waals surface area (Å²) < 4.78 is 28.7. The molecule has 1 aromatic rings. The fraction of sp³-hybridized carbons (Fsp3) is 0.538. The number of anilines is 1. The van der Waals surface area contributed by atoms with E-state index in [1.165, 1.54) is 0 Å². The Labute approximate surface area is 141 Å². The summed E-state index contributed by atoms with van der Waals surface area (Å²) in [5.41, 5.74) is 5.66. The number of hydrogen-bond acceptors (Lipinski definition) is 4. The molecule has 1 aliphatic carbocycles. The fourth-order valence-corrected chi connectivity index (χ4v) is 5.92. The first kappa shape index (κ1) is 17.2. The van der Waals surface area contributed by atoms with Gasteiger partial charge in [0.2, 0.25) is 10.0 Å². The number of aliphatic hydroxyl groups excluding tert-OH is 1. The van der Waals surface area contributed by atoms with Gasteiger partial charge >= 0.3 is 0 Å². The topological polar surface area (TPSA) is 92.4 Å². The van der Waals surface area contributed by atoms with Crippen LogP contribution in [0.1, 0.15) is 25.7 Å². The molecule has 0 unspecified atom stereocenters. The molecule has 0 radical (unpaired) electrons. The van der Waals surface area contributed by atoms with Gasteiger partial charge in [0, 0.05) is 27.5 Å². The van der Waals surface area contributed by atoms with E-state index < -0.39 is 10.0 Å². The van der Waals surface area contributed by atoms with Crippen LogP contribution in [0.25, 0.3) is 0 Å². The highest BCUT2D eigenvalue weighted by Gasteiger charge is 2.35. The Balaban J connectivity index is 2.23. The van der Waals surface area contributed by atoms with Crippen LogP contribution in [0.4, 0.5) is 5.69 Å². The Bertz CT molecular complexity index is 605. The van der Waals surface area contributed by atoms with Crippen molar-refractivity contribution >= 4 is 47.6 Å². The average Bonchev–Trinajstić information content (AvgIpc) is 2.84. The highest BCUT2D eigenvalue weighted by molar-refractivity contribution is 9.11. The molecule has 0 atom stereocenters. The van der Waals surface area contributed by atoms with Gasteiger partial charge < -0.3 is 10.8 Å². The van der Waals surface area contributed by atoms with E-state index in [2.05, 4.69) is 36.6 Å². The van der Waals surface area contributed by atoms with E-state index in [0.29, 0.717) is 8.95 Å². The minimum atomic E-state index is -3.73. The SMILES string of the molecule is Nc1cc(Br)cc(Br)c1S(=O)(=O)NCC1(CO)CCCC1. The monoisotopic (exact) mass is 440 g/mol. The minimum Gasteiger partial charge on any atom is -0.398 e. The molecule has 0 spiro atoms. The van der Waals surface area contributed by atoms with Crippen molar-refractivity contribution in [2.24, 2.45) is 5.41 Å². The molecule has 0 saturated heterocycles. The summed E-state index contributed by atoms with van der Waals surface area (Å²) in [6, 6.07) is 3.19. The molecule has 4 N–H and O–H groups in total. The lowest BCUT2D eigenvalue weighted by Gasteiger charge is -2.26. The van der Waals surface area contributed by atoms with Gasteiger partial charge in [0.15, 0.2) is 0 Å². The van der Waals surface area contributed by atoms with Crippen LogP contribution >= 0.6 is 31.9 Å². The third-order valence-corrected chi connectivity index (χ3v) is 6.81. The molecule has 5 nitrogen and oxygen atoms in total. The second kappa shape index (κ2) is 6.54. The highest BCUT2D eigenvalue weighted by Crippen LogP contribution is 2.38. The van der Waals surface area contributed by atoms with Crippen molar-refractivity contribution in [1.82, 2.24) is 4.72 Å². The third-order valence-electron chi connectivity index (χ3n) is 3.94. The van der Waals surface area contributed by atoms with Gasteiger partial charge in [0.25, 0.3) is 0 Å². The number of aliphatic hydroxyl groups is 1. The normalized spacial score (nSPS) is 18.0. The Morgan fingerprint density at radius 2 is 1.90 bits per heavy atom. The number of sulfonamides is 1. The maximum atomic E-state index is 12.5. The molecule has 0 heterocycles. The molecule has 0 aliphatic heterocycles. The first-order valence-electron chi connectivity index (χ1n) is 6.65. The number of hydrogen-bond donors (Lipinski definition) is 3. The van der Waals surface area contributed by atoms with E-state index in [0.717, 1.165) is 25.7 Å². The number of benzene rings is 1. The first-order valence-corrected chi connectivity index (χ1v) is 9.72. The van der Waals surface area contributed by atoms with Crippen LogP contribution in [-0.2, 0) is 10.0 Å². The molecule has 0 amide bonds. The van der Waals surface area contributed by atoms with Crippen molar-refractivity contribution in [2.75, 3.05) is 18.9 Å². The fourth-order valence-electron chi connectivity index (χ4n) is 2.70. The molecule has 0 bridgehead atoms. The van der Waals surface area contributed by atoms with Crippen LogP contribution in [0.3, 0.4) is 0 Å². The lowest BCUT2D eigenvalue weighted by atomic mass is 9.88. The van der Waals surface area contributed by atoms with Crippen molar-refractivity contribution < 1.29 is 13.5 Å². The van der Waals surface area contributed by atoms with E-state index in [9.17, 15) is 13.5 Å². The molecular formula is C13H18Br2N2O3S. The van der Waals surface area contributed by atoms with Crippen LogP contribution in [0.2, 0.25) is 0 Å². The molecule has 8 heteroatoms. The van der Waals surface area contributed by atoms with Crippen LogP contribution in [-0.4, -0.2) is 26.7 Å². The molecular weight excluding hydrogens is 424 g/mol. The highest BCUT2D eigenvalue weighted by atomic mass is 79.9. The Morgan fingerprint density at radius 1 is 1.29 bits per heavy atom. The number of nitrogen functional groups attached to an aromatic ring is 1. The summed E-state index contributed by atoms with van der Waals surface area (Å²) >= 11 is 6.51. The van der Waals surface area contributed by atoms with E-state index in [1.54, 1.807) is 12.1 Å². The smallest absolute Gasteiger partial charge is 0.243 e. The summed E-state index contributed by atoms with van der Waals surface area (Å²) in [7, 11) is -3.73. The number of halogens is 2. The predicted molar refractivity (Wildman–Crippen MR) is 89.4 cm³/mol. The number of rotatable bonds is 5. The largest absolute Gasteiger partial charge is 0.398 e. The molecule has 1 fully saturated rings. The summed E-state index contributed by atoms with van der Waals surface area (Å²) in [5.74, 6) is 0. The molecule has 2 rings (SSSR count). The maximum absolute atomic E-state index is 12.5. The second-order valence-corrected chi connectivity index (χ2v) is 8.97. The van der Waals surface area contributed by atoms with Crippen LogP contribution in [0.15, 0.2) is 26.0 Å². The van der Waals surface area contributed by atoms with Gasteiger partial charge in [-0.2, -0.15) is 0 Å². The van der Waals surface area contributed by atoms with E-state index in [1.807, 2.05) is 0 Å². The van der Waals surface area contributed by atoms with Crippen molar-refractivity contribution in [3.05, 3.63) is 21.1 Å². The van der Waals surface area contributed by atoms with Crippen LogP contribution in [0.5, 0.6) is 0 Å².